The van der Waals surface area contributed by atoms with E-state index >= 15 is 0 Å². The quantitative estimate of drug-likeness (QED) is 0.170. The van der Waals surface area contributed by atoms with Crippen molar-refractivity contribution in [2.75, 3.05) is 0 Å². The molecule has 16 nitrogen and oxygen atoms in total. The molecule has 0 bridgehead atoms. The highest BCUT2D eigenvalue weighted by Gasteiger charge is 2.49. The maximum atomic E-state index is 11.4. The van der Waals surface area contributed by atoms with E-state index in [0.29, 0.717) is 0 Å². The fourth-order valence-corrected chi connectivity index (χ4v) is 4.97. The lowest BCUT2D eigenvalue weighted by molar-refractivity contribution is -0.222. The van der Waals surface area contributed by atoms with Gasteiger partial charge in [-0.3, -0.25) is 0 Å². The van der Waals surface area contributed by atoms with Gasteiger partial charge in [0.1, 0.15) is 0 Å². The molecule has 0 saturated carbocycles. The van der Waals surface area contributed by atoms with E-state index in [0.717, 1.165) is 0 Å². The highest BCUT2D eigenvalue weighted by molar-refractivity contribution is 7.71. The molecule has 0 rings (SSSR count). The first-order valence-electron chi connectivity index (χ1n) is 3.36. The molecular formula is H9NO15P4. The van der Waals surface area contributed by atoms with Crippen LogP contribution in [0.4, 0.5) is 0 Å². The molecule has 9 N–H and O–H groups in total. The second-order valence-electron chi connectivity index (χ2n) is 2.28. The lowest BCUT2D eigenvalue weighted by Gasteiger charge is -2.19. The average molecular weight is 387 g/mol. The van der Waals surface area contributed by atoms with E-state index in [1.807, 2.05) is 0 Å². The normalized spacial score (nSPS) is 13.9. The topological polar surface area (TPSA) is 271 Å². The van der Waals surface area contributed by atoms with E-state index in [4.69, 9.17) is 30.1 Å². The molecule has 0 unspecified atom stereocenters. The maximum Gasteiger partial charge on any atom is 0.537 e. The van der Waals surface area contributed by atoms with Crippen molar-refractivity contribution in [1.29, 1.82) is 0 Å². The van der Waals surface area contributed by atoms with Crippen molar-refractivity contribution in [3.8, 4) is 0 Å². The van der Waals surface area contributed by atoms with Crippen molar-refractivity contribution < 1.29 is 70.6 Å². The van der Waals surface area contributed by atoms with Gasteiger partial charge in [-0.1, -0.05) is 0 Å². The van der Waals surface area contributed by atoms with Crippen LogP contribution in [0.1, 0.15) is 0 Å². The summed E-state index contributed by atoms with van der Waals surface area (Å²) in [5, 5.41) is 15.9. The van der Waals surface area contributed by atoms with Crippen LogP contribution < -0.4 is 6.15 Å². The second-order valence-corrected chi connectivity index (χ2v) is 8.32. The first-order chi connectivity index (χ1) is 8.24. The standard InChI is InChI=1S/H3N.H6O15P4/c;1-11-18(9,12-2)15-19(10,13-16(3,4)5)14-17(6,7)8/h1H3;1-2H,(H2,3,4,5)(H2,6,7,8). The van der Waals surface area contributed by atoms with Gasteiger partial charge in [-0.15, -0.1) is 9.35 Å². The molecule has 0 radical (unpaired) electrons. The van der Waals surface area contributed by atoms with E-state index in [9.17, 15) is 18.3 Å². The van der Waals surface area contributed by atoms with Crippen LogP contribution >= 0.6 is 31.3 Å². The summed E-state index contributed by atoms with van der Waals surface area (Å²) in [5.41, 5.74) is 0. The number of phosphoric acid groups is 4. The Hall–Kier alpha value is 0.440. The van der Waals surface area contributed by atoms with Gasteiger partial charge in [0.15, 0.2) is 0 Å². The summed E-state index contributed by atoms with van der Waals surface area (Å²) in [6.45, 7) is 0. The van der Waals surface area contributed by atoms with Crippen LogP contribution in [0.3, 0.4) is 0 Å². The third-order valence-electron chi connectivity index (χ3n) is 0.813. The molecule has 0 aromatic carbocycles. The van der Waals surface area contributed by atoms with Gasteiger partial charge >= 0.3 is 31.3 Å². The van der Waals surface area contributed by atoms with Crippen molar-refractivity contribution in [3.05, 3.63) is 0 Å². The number of rotatable bonds is 8. The van der Waals surface area contributed by atoms with Crippen LogP contribution in [-0.4, -0.2) is 30.1 Å². The Bertz CT molecular complexity index is 442. The predicted molar refractivity (Wildman–Crippen MR) is 55.0 cm³/mol. The van der Waals surface area contributed by atoms with Crippen LogP contribution in [0, 0.1) is 0 Å². The van der Waals surface area contributed by atoms with E-state index < -0.39 is 31.3 Å². The summed E-state index contributed by atoms with van der Waals surface area (Å²) in [5.74, 6) is 0. The van der Waals surface area contributed by atoms with Crippen LogP contribution in [0.15, 0.2) is 0 Å². The first kappa shape index (κ1) is 22.7. The summed E-state index contributed by atoms with van der Waals surface area (Å²) in [7, 11) is -23.0. The minimum atomic E-state index is -5.98. The summed E-state index contributed by atoms with van der Waals surface area (Å²) in [6, 6.07) is 0. The molecule has 0 aliphatic heterocycles. The molecule has 0 aromatic rings. The zero-order chi connectivity index (χ0) is 15.5. The molecule has 20 heteroatoms. The van der Waals surface area contributed by atoms with E-state index in [1.54, 1.807) is 0 Å². The lowest BCUT2D eigenvalue weighted by atomic mass is 14.0. The third-order valence-corrected chi connectivity index (χ3v) is 6.11. The van der Waals surface area contributed by atoms with Crippen molar-refractivity contribution in [2.45, 2.75) is 0 Å². The van der Waals surface area contributed by atoms with Crippen molar-refractivity contribution in [3.63, 3.8) is 0 Å². The van der Waals surface area contributed by atoms with Gasteiger partial charge < -0.3 is 25.7 Å². The monoisotopic (exact) mass is 387 g/mol. The Morgan fingerprint density at radius 2 is 0.900 bits per heavy atom. The Balaban J connectivity index is 0. The highest BCUT2D eigenvalue weighted by atomic mass is 31.3. The zero-order valence-corrected chi connectivity index (χ0v) is 12.4. The van der Waals surface area contributed by atoms with Crippen molar-refractivity contribution in [1.82, 2.24) is 6.15 Å². The van der Waals surface area contributed by atoms with Gasteiger partial charge in [-0.05, 0) is 0 Å². The molecule has 0 spiro atoms. The van der Waals surface area contributed by atoms with Crippen molar-refractivity contribution >= 4 is 31.3 Å². The van der Waals surface area contributed by atoms with E-state index in [-0.39, 0.29) is 6.15 Å². The van der Waals surface area contributed by atoms with E-state index in [2.05, 4.69) is 22.3 Å². The number of hydrogen-bond acceptors (Lipinski definition) is 12. The second kappa shape index (κ2) is 7.63. The summed E-state index contributed by atoms with van der Waals surface area (Å²) in [6.07, 6.45) is 0. The van der Waals surface area contributed by atoms with Gasteiger partial charge in [-0.2, -0.15) is 12.9 Å². The molecule has 0 heterocycles. The SMILES string of the molecule is N.O=P(O)(O)OP(=O)(OP(=O)(O)O)OP(=O)(OO)OO. The van der Waals surface area contributed by atoms with Gasteiger partial charge in [0.2, 0.25) is 0 Å². The Morgan fingerprint density at radius 1 is 0.600 bits per heavy atom. The molecular weight excluding hydrogens is 378 g/mol. The molecule has 0 fully saturated rings. The van der Waals surface area contributed by atoms with Gasteiger partial charge in [0, 0.05) is 0 Å². The molecule has 0 saturated heterocycles. The van der Waals surface area contributed by atoms with Crippen LogP contribution in [0.25, 0.3) is 0 Å². The Morgan fingerprint density at radius 3 is 1.10 bits per heavy atom. The molecule has 0 aromatic heterocycles. The van der Waals surface area contributed by atoms with Gasteiger partial charge in [0.05, 0.1) is 0 Å². The fraction of sp³-hybridized carbons (Fsp3) is 0. The highest BCUT2D eigenvalue weighted by Crippen LogP contribution is 2.74. The summed E-state index contributed by atoms with van der Waals surface area (Å²) in [4.78, 5) is 33.2. The smallest absolute Gasteiger partial charge is 0.344 e. The molecule has 0 atom stereocenters. The largest absolute Gasteiger partial charge is 0.537 e. The van der Waals surface area contributed by atoms with E-state index in [1.165, 1.54) is 0 Å². The lowest BCUT2D eigenvalue weighted by Crippen LogP contribution is -2.00. The zero-order valence-electron chi connectivity index (χ0n) is 8.85. The number of hydrogen-bond donors (Lipinski definition) is 7. The third kappa shape index (κ3) is 9.39. The molecule has 0 aliphatic rings. The Labute approximate surface area is 109 Å². The van der Waals surface area contributed by atoms with Crippen LogP contribution in [-0.2, 0) is 40.5 Å². The molecule has 0 amide bonds. The minimum absolute atomic E-state index is 0. The Kier molecular flexibility index (Phi) is 8.66. The predicted octanol–water partition coefficient (Wildman–Crippen LogP) is 0.579. The first-order valence-corrected chi connectivity index (χ1v) is 9.34. The maximum absolute atomic E-state index is 11.4. The molecule has 0 aliphatic carbocycles. The van der Waals surface area contributed by atoms with Gasteiger partial charge in [-0.25, -0.2) is 28.8 Å². The van der Waals surface area contributed by atoms with Gasteiger partial charge in [0.25, 0.3) is 0 Å². The van der Waals surface area contributed by atoms with Crippen LogP contribution in [0.5, 0.6) is 0 Å². The van der Waals surface area contributed by atoms with Crippen LogP contribution in [0.2, 0.25) is 0 Å². The van der Waals surface area contributed by atoms with Crippen molar-refractivity contribution in [2.24, 2.45) is 0 Å². The minimum Gasteiger partial charge on any atom is -0.344 e. The summed E-state index contributed by atoms with van der Waals surface area (Å²) >= 11 is 0. The molecule has 20 heavy (non-hydrogen) atoms. The summed E-state index contributed by atoms with van der Waals surface area (Å²) < 4.78 is 58.6. The average Bonchev–Trinajstić information content (AvgIpc) is 2.10. The fourth-order valence-electron chi connectivity index (χ4n) is 0.472. The molecule has 124 valence electrons.